The van der Waals surface area contributed by atoms with Crippen molar-refractivity contribution in [3.05, 3.63) is 53.6 Å². The molecule has 2 N–H and O–H groups in total. The van der Waals surface area contributed by atoms with Crippen LogP contribution in [0.2, 0.25) is 0 Å². The van der Waals surface area contributed by atoms with Gasteiger partial charge in [0, 0.05) is 17.3 Å². The minimum absolute atomic E-state index is 0.0390. The van der Waals surface area contributed by atoms with E-state index in [1.54, 1.807) is 30.3 Å². The molecular formula is C22H26N2O4. The third-order valence-electron chi connectivity index (χ3n) is 4.32. The second-order valence-electron chi connectivity index (χ2n) is 6.70. The van der Waals surface area contributed by atoms with Crippen LogP contribution in [-0.2, 0) is 11.2 Å². The Morgan fingerprint density at radius 1 is 0.964 bits per heavy atom. The fourth-order valence-electron chi connectivity index (χ4n) is 2.79. The molecule has 0 heterocycles. The number of anilines is 1. The summed E-state index contributed by atoms with van der Waals surface area (Å²) in [4.78, 5) is 24.4. The van der Waals surface area contributed by atoms with Crippen LogP contribution in [0.3, 0.4) is 0 Å². The molecule has 28 heavy (non-hydrogen) atoms. The summed E-state index contributed by atoms with van der Waals surface area (Å²) in [6.45, 7) is 4.79. The van der Waals surface area contributed by atoms with E-state index in [1.807, 2.05) is 26.0 Å². The van der Waals surface area contributed by atoms with Crippen LogP contribution in [0.1, 0.15) is 42.6 Å². The molecule has 0 unspecified atom stereocenters. The molecule has 1 fully saturated rings. The lowest BCUT2D eigenvalue weighted by Crippen LogP contribution is -2.26. The number of amides is 2. The fraction of sp³-hybridized carbons (Fsp3) is 0.364. The maximum atomic E-state index is 12.6. The minimum Gasteiger partial charge on any atom is -0.490 e. The summed E-state index contributed by atoms with van der Waals surface area (Å²) in [5, 5.41) is 5.83. The number of carbonyl (C=O) groups is 2. The van der Waals surface area contributed by atoms with Gasteiger partial charge in [-0.15, -0.1) is 0 Å². The van der Waals surface area contributed by atoms with E-state index in [4.69, 9.17) is 9.47 Å². The third kappa shape index (κ3) is 5.49. The summed E-state index contributed by atoms with van der Waals surface area (Å²) in [5.74, 6) is 0.976. The normalized spacial score (nSPS) is 12.9. The van der Waals surface area contributed by atoms with Gasteiger partial charge in [-0.2, -0.15) is 0 Å². The van der Waals surface area contributed by atoms with Gasteiger partial charge in [0.15, 0.2) is 11.5 Å². The quantitative estimate of drug-likeness (QED) is 0.695. The Morgan fingerprint density at radius 3 is 2.29 bits per heavy atom. The number of benzene rings is 2. The lowest BCUT2D eigenvalue weighted by molar-refractivity contribution is -0.120. The van der Waals surface area contributed by atoms with Crippen molar-refractivity contribution in [2.24, 2.45) is 0 Å². The molecule has 2 aromatic carbocycles. The number of hydrogen-bond acceptors (Lipinski definition) is 4. The molecule has 0 saturated heterocycles. The van der Waals surface area contributed by atoms with Gasteiger partial charge in [0.25, 0.3) is 5.91 Å². The van der Waals surface area contributed by atoms with Crippen LogP contribution in [0, 0.1) is 0 Å². The largest absolute Gasteiger partial charge is 0.490 e. The minimum atomic E-state index is -0.233. The van der Waals surface area contributed by atoms with Crippen LogP contribution in [-0.4, -0.2) is 31.1 Å². The van der Waals surface area contributed by atoms with E-state index >= 15 is 0 Å². The molecule has 0 aliphatic heterocycles. The van der Waals surface area contributed by atoms with Gasteiger partial charge >= 0.3 is 0 Å². The molecule has 148 valence electrons. The lowest BCUT2D eigenvalue weighted by atomic mass is 10.1. The highest BCUT2D eigenvalue weighted by Gasteiger charge is 2.23. The predicted molar refractivity (Wildman–Crippen MR) is 108 cm³/mol. The summed E-state index contributed by atoms with van der Waals surface area (Å²) in [7, 11) is 0. The topological polar surface area (TPSA) is 76.7 Å². The van der Waals surface area contributed by atoms with Crippen LogP contribution in [0.5, 0.6) is 11.5 Å². The summed E-state index contributed by atoms with van der Waals surface area (Å²) in [6, 6.07) is 12.8. The average molecular weight is 382 g/mol. The van der Waals surface area contributed by atoms with Gasteiger partial charge in [0.2, 0.25) is 5.91 Å². The molecule has 0 bridgehead atoms. The highest BCUT2D eigenvalue weighted by atomic mass is 16.5. The second kappa shape index (κ2) is 9.26. The van der Waals surface area contributed by atoms with E-state index in [1.165, 1.54) is 0 Å². The Morgan fingerprint density at radius 2 is 1.64 bits per heavy atom. The van der Waals surface area contributed by atoms with E-state index in [2.05, 4.69) is 10.6 Å². The smallest absolute Gasteiger partial charge is 0.255 e. The first-order valence-electron chi connectivity index (χ1n) is 9.68. The molecule has 1 aliphatic carbocycles. The molecule has 6 heteroatoms. The van der Waals surface area contributed by atoms with Crippen LogP contribution in [0.4, 0.5) is 5.69 Å². The van der Waals surface area contributed by atoms with E-state index in [0.29, 0.717) is 48.4 Å². The summed E-state index contributed by atoms with van der Waals surface area (Å²) >= 11 is 0. The summed E-state index contributed by atoms with van der Waals surface area (Å²) in [5.41, 5.74) is 2.07. The van der Waals surface area contributed by atoms with E-state index in [0.717, 1.165) is 18.4 Å². The SMILES string of the molecule is CCOc1ccc(C(=O)Nc2ccc(CC(=O)NC3CC3)cc2)cc1OCC. The molecule has 2 aromatic rings. The van der Waals surface area contributed by atoms with Gasteiger partial charge < -0.3 is 20.1 Å². The number of carbonyl (C=O) groups excluding carboxylic acids is 2. The fourth-order valence-corrected chi connectivity index (χ4v) is 2.79. The third-order valence-corrected chi connectivity index (χ3v) is 4.32. The molecule has 1 saturated carbocycles. The molecule has 6 nitrogen and oxygen atoms in total. The van der Waals surface area contributed by atoms with E-state index < -0.39 is 0 Å². The van der Waals surface area contributed by atoms with Crippen LogP contribution in [0.25, 0.3) is 0 Å². The van der Waals surface area contributed by atoms with E-state index in [-0.39, 0.29) is 11.8 Å². The van der Waals surface area contributed by atoms with Crippen LogP contribution >= 0.6 is 0 Å². The van der Waals surface area contributed by atoms with Gasteiger partial charge in [-0.05, 0) is 62.6 Å². The van der Waals surface area contributed by atoms with Gasteiger partial charge in [0.05, 0.1) is 19.6 Å². The monoisotopic (exact) mass is 382 g/mol. The number of ether oxygens (including phenoxy) is 2. The van der Waals surface area contributed by atoms with Crippen LogP contribution < -0.4 is 20.1 Å². The Hall–Kier alpha value is -3.02. The molecule has 0 spiro atoms. The van der Waals surface area contributed by atoms with Gasteiger partial charge in [-0.25, -0.2) is 0 Å². The highest BCUT2D eigenvalue weighted by Crippen LogP contribution is 2.29. The Labute approximate surface area is 165 Å². The maximum absolute atomic E-state index is 12.6. The van der Waals surface area contributed by atoms with Gasteiger partial charge in [-0.1, -0.05) is 12.1 Å². The number of rotatable bonds is 9. The summed E-state index contributed by atoms with van der Waals surface area (Å²) < 4.78 is 11.1. The Bertz CT molecular complexity index is 829. The molecule has 3 rings (SSSR count). The number of hydrogen-bond donors (Lipinski definition) is 2. The second-order valence-corrected chi connectivity index (χ2v) is 6.70. The zero-order valence-electron chi connectivity index (χ0n) is 16.3. The zero-order chi connectivity index (χ0) is 19.9. The standard InChI is InChI=1S/C22H26N2O4/c1-3-27-19-12-7-16(14-20(19)28-4-2)22(26)24-18-8-5-15(6-9-18)13-21(25)23-17-10-11-17/h5-9,12,14,17H,3-4,10-11,13H2,1-2H3,(H,23,25)(H,24,26). The van der Waals surface area contributed by atoms with Crippen molar-refractivity contribution in [2.75, 3.05) is 18.5 Å². The van der Waals surface area contributed by atoms with E-state index in [9.17, 15) is 9.59 Å². The van der Waals surface area contributed by atoms with Crippen molar-refractivity contribution in [3.8, 4) is 11.5 Å². The van der Waals surface area contributed by atoms with Crippen molar-refractivity contribution < 1.29 is 19.1 Å². The molecule has 0 atom stereocenters. The Kier molecular flexibility index (Phi) is 6.53. The highest BCUT2D eigenvalue weighted by molar-refractivity contribution is 6.04. The first kappa shape index (κ1) is 19.7. The van der Waals surface area contributed by atoms with Crippen molar-refractivity contribution in [1.82, 2.24) is 5.32 Å². The molecule has 2 amide bonds. The Balaban J connectivity index is 1.61. The van der Waals surface area contributed by atoms with Crippen LogP contribution in [0.15, 0.2) is 42.5 Å². The van der Waals surface area contributed by atoms with Crippen molar-refractivity contribution in [1.29, 1.82) is 0 Å². The summed E-state index contributed by atoms with van der Waals surface area (Å²) in [6.07, 6.45) is 2.50. The van der Waals surface area contributed by atoms with Gasteiger partial charge in [0.1, 0.15) is 0 Å². The van der Waals surface area contributed by atoms with Crippen molar-refractivity contribution >= 4 is 17.5 Å². The van der Waals surface area contributed by atoms with Crippen molar-refractivity contribution in [3.63, 3.8) is 0 Å². The molecule has 1 aliphatic rings. The van der Waals surface area contributed by atoms with Gasteiger partial charge in [-0.3, -0.25) is 9.59 Å². The van der Waals surface area contributed by atoms with Crippen molar-refractivity contribution in [2.45, 2.75) is 39.2 Å². The predicted octanol–water partition coefficient (Wildman–Crippen LogP) is 3.56. The first-order chi connectivity index (χ1) is 13.6. The lowest BCUT2D eigenvalue weighted by Gasteiger charge is -2.12. The molecular weight excluding hydrogens is 356 g/mol. The maximum Gasteiger partial charge on any atom is 0.255 e. The first-order valence-corrected chi connectivity index (χ1v) is 9.68. The molecule has 0 aromatic heterocycles. The average Bonchev–Trinajstić information content (AvgIpc) is 3.49. The number of nitrogens with one attached hydrogen (secondary N) is 2. The molecule has 0 radical (unpaired) electrons. The zero-order valence-corrected chi connectivity index (χ0v) is 16.3.